The van der Waals surface area contributed by atoms with E-state index in [0.29, 0.717) is 6.61 Å². The van der Waals surface area contributed by atoms with Crippen molar-refractivity contribution in [2.24, 2.45) is 0 Å². The van der Waals surface area contributed by atoms with Gasteiger partial charge < -0.3 is 9.84 Å². The van der Waals surface area contributed by atoms with Crippen molar-refractivity contribution in [2.75, 3.05) is 0 Å². The van der Waals surface area contributed by atoms with E-state index in [4.69, 9.17) is 4.74 Å². The highest BCUT2D eigenvalue weighted by Gasteiger charge is 2.04. The lowest BCUT2D eigenvalue weighted by atomic mass is 10.0. The molecule has 0 bridgehead atoms. The Morgan fingerprint density at radius 3 is 2.41 bits per heavy atom. The highest BCUT2D eigenvalue weighted by Crippen LogP contribution is 2.25. The van der Waals surface area contributed by atoms with Gasteiger partial charge in [-0.1, -0.05) is 42.5 Å². The van der Waals surface area contributed by atoms with E-state index in [9.17, 15) is 5.11 Å². The summed E-state index contributed by atoms with van der Waals surface area (Å²) in [6, 6.07) is 19.7. The van der Waals surface area contributed by atoms with Crippen molar-refractivity contribution in [1.82, 2.24) is 4.98 Å². The molecule has 1 heterocycles. The van der Waals surface area contributed by atoms with Crippen LogP contribution in [0, 0.1) is 0 Å². The molecular weight excluding hydrogens is 274 g/mol. The molecule has 0 atom stereocenters. The minimum Gasteiger partial charge on any atom is -0.489 e. The molecule has 3 aromatic rings. The van der Waals surface area contributed by atoms with E-state index in [0.717, 1.165) is 28.0 Å². The van der Waals surface area contributed by atoms with Gasteiger partial charge in [0.05, 0.1) is 6.61 Å². The average molecular weight is 291 g/mol. The molecule has 22 heavy (non-hydrogen) atoms. The van der Waals surface area contributed by atoms with Crippen molar-refractivity contribution in [3.05, 3.63) is 84.2 Å². The number of aromatic nitrogens is 1. The van der Waals surface area contributed by atoms with E-state index < -0.39 is 0 Å². The molecule has 0 fully saturated rings. The predicted octanol–water partition coefficient (Wildman–Crippen LogP) is 3.82. The highest BCUT2D eigenvalue weighted by atomic mass is 16.5. The summed E-state index contributed by atoms with van der Waals surface area (Å²) in [4.78, 5) is 4.13. The van der Waals surface area contributed by atoms with E-state index in [-0.39, 0.29) is 6.61 Å². The molecule has 1 N–H and O–H groups in total. The molecule has 0 unspecified atom stereocenters. The smallest absolute Gasteiger partial charge is 0.119 e. The van der Waals surface area contributed by atoms with Crippen LogP contribution in [-0.4, -0.2) is 10.1 Å². The van der Waals surface area contributed by atoms with Gasteiger partial charge >= 0.3 is 0 Å². The molecule has 0 saturated carbocycles. The number of nitrogens with zero attached hydrogens (tertiary/aromatic N) is 1. The molecule has 0 amide bonds. The zero-order valence-corrected chi connectivity index (χ0v) is 12.1. The predicted molar refractivity (Wildman–Crippen MR) is 86.4 cm³/mol. The number of hydrogen-bond donors (Lipinski definition) is 1. The first-order chi connectivity index (χ1) is 10.9. The van der Waals surface area contributed by atoms with E-state index in [1.807, 2.05) is 60.7 Å². The third kappa shape index (κ3) is 3.32. The molecule has 3 heteroatoms. The van der Waals surface area contributed by atoms with Gasteiger partial charge in [-0.2, -0.15) is 0 Å². The van der Waals surface area contributed by atoms with Crippen molar-refractivity contribution in [3.63, 3.8) is 0 Å². The standard InChI is InChI=1S/C19H17NO2/c21-13-17-10-11-20-12-19(17)16-6-8-18(9-7-16)22-14-15-4-2-1-3-5-15/h1-12,21H,13-14H2. The van der Waals surface area contributed by atoms with Gasteiger partial charge in [-0.25, -0.2) is 0 Å². The molecule has 0 aliphatic rings. The summed E-state index contributed by atoms with van der Waals surface area (Å²) in [7, 11) is 0. The lowest BCUT2D eigenvalue weighted by molar-refractivity contribution is 0.282. The van der Waals surface area contributed by atoms with Crippen LogP contribution < -0.4 is 4.74 Å². The van der Waals surface area contributed by atoms with Crippen LogP contribution in [0.1, 0.15) is 11.1 Å². The summed E-state index contributed by atoms with van der Waals surface area (Å²) in [6.07, 6.45) is 3.46. The quantitative estimate of drug-likeness (QED) is 0.777. The van der Waals surface area contributed by atoms with E-state index in [1.54, 1.807) is 12.4 Å². The number of aliphatic hydroxyl groups is 1. The Morgan fingerprint density at radius 1 is 0.909 bits per heavy atom. The Bertz CT molecular complexity index is 724. The average Bonchev–Trinajstić information content (AvgIpc) is 2.61. The second kappa shape index (κ2) is 6.87. The van der Waals surface area contributed by atoms with Gasteiger partial charge in [0.15, 0.2) is 0 Å². The van der Waals surface area contributed by atoms with E-state index in [2.05, 4.69) is 4.98 Å². The topological polar surface area (TPSA) is 42.4 Å². The van der Waals surface area contributed by atoms with Crippen LogP contribution in [0.25, 0.3) is 11.1 Å². The van der Waals surface area contributed by atoms with Gasteiger partial charge in [0.25, 0.3) is 0 Å². The normalized spacial score (nSPS) is 10.4. The molecule has 3 rings (SSSR count). The fourth-order valence-corrected chi connectivity index (χ4v) is 2.29. The summed E-state index contributed by atoms with van der Waals surface area (Å²) in [5, 5.41) is 9.39. The molecule has 1 aromatic heterocycles. The third-order valence-corrected chi connectivity index (χ3v) is 3.50. The summed E-state index contributed by atoms with van der Waals surface area (Å²) >= 11 is 0. The summed E-state index contributed by atoms with van der Waals surface area (Å²) < 4.78 is 5.77. The molecule has 2 aromatic carbocycles. The van der Waals surface area contributed by atoms with Gasteiger partial charge in [-0.05, 0) is 34.9 Å². The van der Waals surface area contributed by atoms with Crippen LogP contribution in [0.5, 0.6) is 5.75 Å². The van der Waals surface area contributed by atoms with Crippen molar-refractivity contribution in [1.29, 1.82) is 0 Å². The first kappa shape index (κ1) is 14.3. The van der Waals surface area contributed by atoms with Gasteiger partial charge in [0.2, 0.25) is 0 Å². The molecule has 3 nitrogen and oxygen atoms in total. The van der Waals surface area contributed by atoms with Crippen LogP contribution in [0.3, 0.4) is 0 Å². The van der Waals surface area contributed by atoms with Crippen molar-refractivity contribution in [2.45, 2.75) is 13.2 Å². The number of pyridine rings is 1. The fraction of sp³-hybridized carbons (Fsp3) is 0.105. The SMILES string of the molecule is OCc1ccncc1-c1ccc(OCc2ccccc2)cc1. The van der Waals surface area contributed by atoms with Gasteiger partial charge in [0, 0.05) is 18.0 Å². The Labute approximate surface area is 129 Å². The largest absolute Gasteiger partial charge is 0.489 e. The van der Waals surface area contributed by atoms with Crippen LogP contribution in [0.4, 0.5) is 0 Å². The van der Waals surface area contributed by atoms with Crippen LogP contribution in [-0.2, 0) is 13.2 Å². The minimum atomic E-state index is 0.00408. The zero-order chi connectivity index (χ0) is 15.2. The summed E-state index contributed by atoms with van der Waals surface area (Å²) in [6.45, 7) is 0.555. The zero-order valence-electron chi connectivity index (χ0n) is 12.1. The van der Waals surface area contributed by atoms with Crippen molar-refractivity contribution < 1.29 is 9.84 Å². The van der Waals surface area contributed by atoms with Gasteiger partial charge in [0.1, 0.15) is 12.4 Å². The Morgan fingerprint density at radius 2 is 1.68 bits per heavy atom. The van der Waals surface area contributed by atoms with Gasteiger partial charge in [-0.15, -0.1) is 0 Å². The van der Waals surface area contributed by atoms with Crippen molar-refractivity contribution >= 4 is 0 Å². The Kier molecular flexibility index (Phi) is 4.47. The molecule has 110 valence electrons. The number of aliphatic hydroxyl groups excluding tert-OH is 1. The number of hydrogen-bond acceptors (Lipinski definition) is 3. The first-order valence-electron chi connectivity index (χ1n) is 7.18. The highest BCUT2D eigenvalue weighted by molar-refractivity contribution is 5.66. The summed E-state index contributed by atoms with van der Waals surface area (Å²) in [5.41, 5.74) is 3.97. The van der Waals surface area contributed by atoms with Gasteiger partial charge in [-0.3, -0.25) is 4.98 Å². The molecule has 0 saturated heterocycles. The lowest BCUT2D eigenvalue weighted by Crippen LogP contribution is -1.95. The monoisotopic (exact) mass is 291 g/mol. The second-order valence-electron chi connectivity index (χ2n) is 4.99. The van der Waals surface area contributed by atoms with Crippen LogP contribution >= 0.6 is 0 Å². The minimum absolute atomic E-state index is 0.00408. The first-order valence-corrected chi connectivity index (χ1v) is 7.18. The fourth-order valence-electron chi connectivity index (χ4n) is 2.29. The molecule has 0 spiro atoms. The number of benzene rings is 2. The molecule has 0 radical (unpaired) electrons. The lowest BCUT2D eigenvalue weighted by Gasteiger charge is -2.09. The number of rotatable bonds is 5. The third-order valence-electron chi connectivity index (χ3n) is 3.50. The van der Waals surface area contributed by atoms with E-state index >= 15 is 0 Å². The Balaban J connectivity index is 1.73. The molecular formula is C19H17NO2. The number of ether oxygens (including phenoxy) is 1. The molecule has 0 aliphatic carbocycles. The van der Waals surface area contributed by atoms with Crippen molar-refractivity contribution in [3.8, 4) is 16.9 Å². The molecule has 0 aliphatic heterocycles. The van der Waals surface area contributed by atoms with Crippen LogP contribution in [0.15, 0.2) is 73.1 Å². The second-order valence-corrected chi connectivity index (χ2v) is 4.99. The maximum absolute atomic E-state index is 9.39. The Hall–Kier alpha value is -2.65. The van der Waals surface area contributed by atoms with Crippen LogP contribution in [0.2, 0.25) is 0 Å². The maximum Gasteiger partial charge on any atom is 0.119 e. The maximum atomic E-state index is 9.39. The summed E-state index contributed by atoms with van der Waals surface area (Å²) in [5.74, 6) is 0.821. The van der Waals surface area contributed by atoms with E-state index in [1.165, 1.54) is 0 Å².